The van der Waals surface area contributed by atoms with Gasteiger partial charge in [0.1, 0.15) is 0 Å². The van der Waals surface area contributed by atoms with E-state index >= 15 is 0 Å². The van der Waals surface area contributed by atoms with Gasteiger partial charge in [-0.3, -0.25) is 24.0 Å². The maximum Gasteiger partial charge on any atom is 0.238 e. The second kappa shape index (κ2) is 8.31. The van der Waals surface area contributed by atoms with Crippen LogP contribution in [-0.4, -0.2) is 29.4 Å². The van der Waals surface area contributed by atoms with Gasteiger partial charge in [0.25, 0.3) is 0 Å². The highest BCUT2D eigenvalue weighted by Gasteiger charge is 2.60. The van der Waals surface area contributed by atoms with Gasteiger partial charge in [-0.15, -0.1) is 0 Å². The van der Waals surface area contributed by atoms with Crippen molar-refractivity contribution in [2.24, 2.45) is 47.3 Å². The predicted octanol–water partition coefficient (Wildman–Crippen LogP) is 4.21. The lowest BCUT2D eigenvalue weighted by molar-refractivity contribution is -0.124. The maximum absolute atomic E-state index is 13.2. The van der Waals surface area contributed by atoms with Crippen molar-refractivity contribution < 1.29 is 24.0 Å². The zero-order chi connectivity index (χ0) is 27.3. The Bertz CT molecular complexity index is 1570. The summed E-state index contributed by atoms with van der Waals surface area (Å²) in [5.74, 6) is -1.51. The highest BCUT2D eigenvalue weighted by atomic mass is 16.2. The van der Waals surface area contributed by atoms with Gasteiger partial charge in [-0.05, 0) is 72.4 Å². The zero-order valence-electron chi connectivity index (χ0n) is 21.6. The van der Waals surface area contributed by atoms with Crippen molar-refractivity contribution in [1.29, 1.82) is 0 Å². The van der Waals surface area contributed by atoms with Crippen LogP contribution < -0.4 is 9.80 Å². The molecule has 8 rings (SSSR count). The normalized spacial score (nSPS) is 34.7. The number of allylic oxidation sites excluding steroid dienone is 5. The van der Waals surface area contributed by atoms with E-state index in [1.807, 2.05) is 6.07 Å². The summed E-state index contributed by atoms with van der Waals surface area (Å²) in [6.07, 6.45) is 13.1. The van der Waals surface area contributed by atoms with Gasteiger partial charge in [0.05, 0.1) is 35.0 Å². The van der Waals surface area contributed by atoms with Gasteiger partial charge in [0.2, 0.25) is 23.6 Å². The Hall–Kier alpha value is -4.39. The predicted molar refractivity (Wildman–Crippen MR) is 147 cm³/mol. The third-order valence-electron chi connectivity index (χ3n) is 9.89. The van der Waals surface area contributed by atoms with Crippen molar-refractivity contribution in [1.82, 2.24) is 0 Å². The van der Waals surface area contributed by atoms with Gasteiger partial charge in [0, 0.05) is 5.56 Å². The Morgan fingerprint density at radius 3 is 1.57 bits per heavy atom. The second-order valence-electron chi connectivity index (χ2n) is 11.9. The SMILES string of the molecule is O=C(/C=C\c1cccc(N2C(=O)[C@@H]3[C@H](C2=O)[C@H]2C=C[C@H]3C2)c1)c1cccc(N2C(=O)[C@@H]3[C@H](C2=O)[C@H]2C=C[C@H]3C2)c1. The number of imide groups is 2. The molecule has 0 radical (unpaired) electrons. The molecule has 7 nitrogen and oxygen atoms in total. The van der Waals surface area contributed by atoms with Gasteiger partial charge in [0.15, 0.2) is 5.78 Å². The number of carbonyl (C=O) groups is 5. The molecule has 2 heterocycles. The summed E-state index contributed by atoms with van der Waals surface area (Å²) in [5, 5.41) is 0. The van der Waals surface area contributed by atoms with Crippen LogP contribution in [0.3, 0.4) is 0 Å². The fourth-order valence-corrected chi connectivity index (χ4v) is 8.15. The number of nitrogens with zero attached hydrogens (tertiary/aromatic N) is 2. The zero-order valence-corrected chi connectivity index (χ0v) is 21.6. The van der Waals surface area contributed by atoms with Crippen LogP contribution in [0.4, 0.5) is 11.4 Å². The van der Waals surface area contributed by atoms with Crippen molar-refractivity contribution in [2.45, 2.75) is 12.8 Å². The van der Waals surface area contributed by atoms with Crippen LogP contribution in [0.25, 0.3) is 6.08 Å². The van der Waals surface area contributed by atoms with Crippen LogP contribution in [0.2, 0.25) is 0 Å². The molecule has 4 aliphatic carbocycles. The molecular formula is C33H26N2O5. The molecular weight excluding hydrogens is 504 g/mol. The largest absolute Gasteiger partial charge is 0.289 e. The van der Waals surface area contributed by atoms with E-state index in [9.17, 15) is 24.0 Å². The number of amides is 4. The van der Waals surface area contributed by atoms with E-state index in [2.05, 4.69) is 24.3 Å². The molecule has 198 valence electrons. The molecule has 0 spiro atoms. The lowest BCUT2D eigenvalue weighted by Crippen LogP contribution is -2.32. The summed E-state index contributed by atoms with van der Waals surface area (Å²) < 4.78 is 0. The number of hydrogen-bond acceptors (Lipinski definition) is 5. The smallest absolute Gasteiger partial charge is 0.238 e. The highest BCUT2D eigenvalue weighted by Crippen LogP contribution is 2.54. The highest BCUT2D eigenvalue weighted by molar-refractivity contribution is 6.24. The number of hydrogen-bond donors (Lipinski definition) is 0. The Morgan fingerprint density at radius 2 is 1.07 bits per heavy atom. The molecule has 0 N–H and O–H groups in total. The number of ketones is 1. The summed E-state index contributed by atoms with van der Waals surface area (Å²) in [6.45, 7) is 0. The molecule has 8 atom stereocenters. The summed E-state index contributed by atoms with van der Waals surface area (Å²) in [5.41, 5.74) is 1.98. The molecule has 2 aliphatic heterocycles. The molecule has 6 aliphatic rings. The first-order valence-corrected chi connectivity index (χ1v) is 14.0. The lowest BCUT2D eigenvalue weighted by atomic mass is 9.85. The lowest BCUT2D eigenvalue weighted by Gasteiger charge is -2.18. The molecule has 0 unspecified atom stereocenters. The molecule has 40 heavy (non-hydrogen) atoms. The molecule has 4 amide bonds. The summed E-state index contributed by atoms with van der Waals surface area (Å²) in [7, 11) is 0. The number of rotatable bonds is 5. The van der Waals surface area contributed by atoms with E-state index in [4.69, 9.17) is 0 Å². The van der Waals surface area contributed by atoms with E-state index in [0.717, 1.165) is 12.8 Å². The van der Waals surface area contributed by atoms with E-state index in [-0.39, 0.29) is 76.8 Å². The first kappa shape index (κ1) is 23.5. The minimum atomic E-state index is -0.297. The average Bonchev–Trinajstić information content (AvgIpc) is 3.80. The topological polar surface area (TPSA) is 91.8 Å². The first-order chi connectivity index (χ1) is 19.4. The van der Waals surface area contributed by atoms with Gasteiger partial charge in [-0.1, -0.05) is 54.6 Å². The number of fused-ring (bicyclic) bond motifs is 10. The number of benzene rings is 2. The third kappa shape index (κ3) is 3.14. The molecule has 2 aromatic carbocycles. The summed E-state index contributed by atoms with van der Waals surface area (Å²) in [6, 6.07) is 13.7. The minimum absolute atomic E-state index is 0.123. The average molecular weight is 531 g/mol. The van der Waals surface area contributed by atoms with Gasteiger partial charge in [-0.25, -0.2) is 9.80 Å². The number of anilines is 2. The quantitative estimate of drug-likeness (QED) is 0.250. The van der Waals surface area contributed by atoms with E-state index in [1.54, 1.807) is 48.5 Å². The standard InChI is InChI=1S/C33H26N2O5/c36-25(18-4-2-6-24(16-18)35-32(39)28-21-10-11-22(15-21)29(28)33(35)40)12-7-17-3-1-5-23(13-17)34-30(37)26-19-8-9-20(14-19)27(26)31(34)38/h1-13,16,19-22,26-29H,14-15H2/b12-7-/t19-,20-,21-,22-,26-,27+,28-,29+/m0/s1. The molecule has 4 fully saturated rings. The van der Waals surface area contributed by atoms with Crippen LogP contribution >= 0.6 is 0 Å². The Morgan fingerprint density at radius 1 is 0.625 bits per heavy atom. The maximum atomic E-state index is 13.2. The Kier molecular flexibility index (Phi) is 4.88. The molecule has 2 aromatic rings. The van der Waals surface area contributed by atoms with Crippen molar-refractivity contribution in [2.75, 3.05) is 9.80 Å². The van der Waals surface area contributed by atoms with Gasteiger partial charge in [-0.2, -0.15) is 0 Å². The summed E-state index contributed by atoms with van der Waals surface area (Å²) in [4.78, 5) is 68.4. The van der Waals surface area contributed by atoms with Crippen molar-refractivity contribution in [3.05, 3.63) is 90.0 Å². The van der Waals surface area contributed by atoms with Crippen LogP contribution in [0, 0.1) is 47.3 Å². The van der Waals surface area contributed by atoms with Gasteiger partial charge >= 0.3 is 0 Å². The van der Waals surface area contributed by atoms with Crippen molar-refractivity contribution in [3.63, 3.8) is 0 Å². The van der Waals surface area contributed by atoms with Crippen LogP contribution in [0.1, 0.15) is 28.8 Å². The fraction of sp³-hybridized carbons (Fsp3) is 0.303. The first-order valence-electron chi connectivity index (χ1n) is 14.0. The minimum Gasteiger partial charge on any atom is -0.289 e. The number of carbonyl (C=O) groups excluding carboxylic acids is 5. The monoisotopic (exact) mass is 530 g/mol. The summed E-state index contributed by atoms with van der Waals surface area (Å²) >= 11 is 0. The molecule has 7 heteroatoms. The van der Waals surface area contributed by atoms with Crippen molar-refractivity contribution >= 4 is 46.9 Å². The van der Waals surface area contributed by atoms with Crippen molar-refractivity contribution in [3.8, 4) is 0 Å². The Balaban J connectivity index is 1.01. The Labute approximate surface area is 230 Å². The molecule has 4 bridgehead atoms. The van der Waals surface area contributed by atoms with E-state index in [1.165, 1.54) is 15.9 Å². The van der Waals surface area contributed by atoms with Gasteiger partial charge < -0.3 is 0 Å². The fourth-order valence-electron chi connectivity index (χ4n) is 8.15. The molecule has 2 saturated carbocycles. The van der Waals surface area contributed by atoms with E-state index < -0.39 is 0 Å². The van der Waals surface area contributed by atoms with E-state index in [0.29, 0.717) is 22.5 Å². The molecule has 0 aromatic heterocycles. The second-order valence-corrected chi connectivity index (χ2v) is 11.9. The molecule has 2 saturated heterocycles. The third-order valence-corrected chi connectivity index (χ3v) is 9.89. The van der Waals surface area contributed by atoms with Crippen LogP contribution in [0.5, 0.6) is 0 Å². The van der Waals surface area contributed by atoms with Crippen LogP contribution in [0.15, 0.2) is 78.9 Å². The van der Waals surface area contributed by atoms with Crippen LogP contribution in [-0.2, 0) is 19.2 Å².